The monoisotopic (exact) mass is 366 g/mol. The van der Waals surface area contributed by atoms with Crippen molar-refractivity contribution in [2.24, 2.45) is 0 Å². The molecule has 0 radical (unpaired) electrons. The van der Waals surface area contributed by atoms with Gasteiger partial charge in [-0.15, -0.1) is 0 Å². The normalized spacial score (nSPS) is 10.1. The lowest BCUT2D eigenvalue weighted by Crippen LogP contribution is -2.04. The second-order valence-corrected chi connectivity index (χ2v) is 5.37. The van der Waals surface area contributed by atoms with E-state index < -0.39 is 4.92 Å². The fourth-order valence-corrected chi connectivity index (χ4v) is 2.25. The highest BCUT2D eigenvalue weighted by molar-refractivity contribution is 9.10. The Labute approximate surface area is 136 Å². The zero-order valence-electron chi connectivity index (χ0n) is 12.1. The van der Waals surface area contributed by atoms with Gasteiger partial charge < -0.3 is 14.8 Å². The minimum Gasteiger partial charge on any atom is -0.493 e. The molecule has 0 atom stereocenters. The third kappa shape index (κ3) is 3.67. The fourth-order valence-electron chi connectivity index (χ4n) is 1.99. The molecule has 2 rings (SSSR count). The largest absolute Gasteiger partial charge is 0.493 e. The number of hydrogen-bond acceptors (Lipinski definition) is 5. The van der Waals surface area contributed by atoms with Crippen LogP contribution >= 0.6 is 15.9 Å². The summed E-state index contributed by atoms with van der Waals surface area (Å²) in [6.07, 6.45) is 0. The van der Waals surface area contributed by atoms with Crippen LogP contribution in [-0.4, -0.2) is 19.1 Å². The molecule has 2 aromatic rings. The number of nitro benzene ring substituents is 1. The predicted molar refractivity (Wildman–Crippen MR) is 87.7 cm³/mol. The zero-order chi connectivity index (χ0) is 16.1. The molecule has 7 heteroatoms. The molecule has 0 fully saturated rings. The molecule has 0 heterocycles. The Kier molecular flexibility index (Phi) is 5.21. The Morgan fingerprint density at radius 3 is 2.27 bits per heavy atom. The Morgan fingerprint density at radius 1 is 1.14 bits per heavy atom. The maximum atomic E-state index is 11.2. The minimum atomic E-state index is -0.430. The van der Waals surface area contributed by atoms with Crippen LogP contribution in [0.1, 0.15) is 5.56 Å². The number of benzene rings is 2. The number of methoxy groups -OCH3 is 2. The van der Waals surface area contributed by atoms with Crippen LogP contribution in [0.5, 0.6) is 11.5 Å². The van der Waals surface area contributed by atoms with Crippen LogP contribution in [0.25, 0.3) is 0 Å². The quantitative estimate of drug-likeness (QED) is 0.617. The van der Waals surface area contributed by atoms with Crippen molar-refractivity contribution < 1.29 is 14.4 Å². The van der Waals surface area contributed by atoms with Gasteiger partial charge in [-0.3, -0.25) is 10.1 Å². The van der Waals surface area contributed by atoms with Gasteiger partial charge in [-0.2, -0.15) is 0 Å². The topological polar surface area (TPSA) is 73.6 Å². The van der Waals surface area contributed by atoms with E-state index in [4.69, 9.17) is 9.47 Å². The second-order valence-electron chi connectivity index (χ2n) is 4.45. The third-order valence-corrected chi connectivity index (χ3v) is 3.64. The number of halogens is 1. The molecular formula is C15H15BrN2O4. The maximum Gasteiger partial charge on any atom is 0.278 e. The van der Waals surface area contributed by atoms with Gasteiger partial charge in [0.2, 0.25) is 0 Å². The number of nitrogens with one attached hydrogen (secondary N) is 1. The first kappa shape index (κ1) is 16.1. The number of ether oxygens (including phenoxy) is 2. The highest BCUT2D eigenvalue weighted by Crippen LogP contribution is 2.34. The Morgan fingerprint density at radius 2 is 1.73 bits per heavy atom. The van der Waals surface area contributed by atoms with Gasteiger partial charge in [0.15, 0.2) is 11.5 Å². The molecule has 0 aromatic heterocycles. The van der Waals surface area contributed by atoms with E-state index in [9.17, 15) is 10.1 Å². The van der Waals surface area contributed by atoms with Crippen molar-refractivity contribution in [3.8, 4) is 11.5 Å². The van der Waals surface area contributed by atoms with Gasteiger partial charge in [0, 0.05) is 16.7 Å². The van der Waals surface area contributed by atoms with E-state index in [1.807, 2.05) is 24.3 Å². The van der Waals surface area contributed by atoms with Gasteiger partial charge in [-0.1, -0.05) is 15.9 Å². The van der Waals surface area contributed by atoms with E-state index in [-0.39, 0.29) is 5.69 Å². The Hall–Kier alpha value is -2.28. The van der Waals surface area contributed by atoms with Crippen LogP contribution in [0.3, 0.4) is 0 Å². The molecule has 1 N–H and O–H groups in total. The van der Waals surface area contributed by atoms with Crippen molar-refractivity contribution in [2.45, 2.75) is 6.54 Å². The van der Waals surface area contributed by atoms with Crippen molar-refractivity contribution >= 4 is 27.3 Å². The smallest absolute Gasteiger partial charge is 0.278 e. The van der Waals surface area contributed by atoms with E-state index in [1.54, 1.807) is 6.07 Å². The first-order valence-corrected chi connectivity index (χ1v) is 7.23. The molecular weight excluding hydrogens is 352 g/mol. The van der Waals surface area contributed by atoms with E-state index >= 15 is 0 Å². The standard InChI is InChI=1S/C15H15BrN2O4/c1-21-14-7-10(13(18(19)20)8-15(14)22-2)9-17-12-5-3-11(16)4-6-12/h3-8,17H,9H2,1-2H3. The highest BCUT2D eigenvalue weighted by atomic mass is 79.9. The first-order valence-electron chi connectivity index (χ1n) is 6.44. The lowest BCUT2D eigenvalue weighted by Gasteiger charge is -2.12. The summed E-state index contributed by atoms with van der Waals surface area (Å²) < 4.78 is 11.3. The number of nitrogens with zero attached hydrogens (tertiary/aromatic N) is 1. The molecule has 2 aromatic carbocycles. The lowest BCUT2D eigenvalue weighted by atomic mass is 10.1. The van der Waals surface area contributed by atoms with Gasteiger partial charge >= 0.3 is 0 Å². The van der Waals surface area contributed by atoms with E-state index in [0.29, 0.717) is 23.6 Å². The third-order valence-electron chi connectivity index (χ3n) is 3.11. The number of nitro groups is 1. The molecule has 0 aliphatic carbocycles. The van der Waals surface area contributed by atoms with Crippen molar-refractivity contribution in [1.82, 2.24) is 0 Å². The van der Waals surface area contributed by atoms with Crippen molar-refractivity contribution in [1.29, 1.82) is 0 Å². The van der Waals surface area contributed by atoms with Gasteiger partial charge in [0.05, 0.1) is 30.8 Å². The molecule has 0 aliphatic heterocycles. The summed E-state index contributed by atoms with van der Waals surface area (Å²) >= 11 is 3.36. The van der Waals surface area contributed by atoms with Crippen molar-refractivity contribution in [3.63, 3.8) is 0 Å². The summed E-state index contributed by atoms with van der Waals surface area (Å²) in [6.45, 7) is 0.304. The minimum absolute atomic E-state index is 0.0118. The lowest BCUT2D eigenvalue weighted by molar-refractivity contribution is -0.385. The Balaban J connectivity index is 2.28. The van der Waals surface area contributed by atoms with E-state index in [1.165, 1.54) is 20.3 Å². The summed E-state index contributed by atoms with van der Waals surface area (Å²) in [7, 11) is 2.94. The number of anilines is 1. The Bertz CT molecular complexity index is 674. The SMILES string of the molecule is COc1cc(CNc2ccc(Br)cc2)c([N+](=O)[O-])cc1OC. The van der Waals surface area contributed by atoms with Crippen molar-refractivity contribution in [3.05, 3.63) is 56.5 Å². The molecule has 116 valence electrons. The van der Waals surface area contributed by atoms with Crippen molar-refractivity contribution in [2.75, 3.05) is 19.5 Å². The maximum absolute atomic E-state index is 11.2. The van der Waals surface area contributed by atoms with Crippen LogP contribution in [0, 0.1) is 10.1 Å². The predicted octanol–water partition coefficient (Wildman–Crippen LogP) is 3.99. The highest BCUT2D eigenvalue weighted by Gasteiger charge is 2.19. The summed E-state index contributed by atoms with van der Waals surface area (Å²) in [5.41, 5.74) is 1.38. The summed E-state index contributed by atoms with van der Waals surface area (Å²) in [5.74, 6) is 0.794. The van der Waals surface area contributed by atoms with Gasteiger partial charge in [0.1, 0.15) is 0 Å². The van der Waals surface area contributed by atoms with E-state index in [2.05, 4.69) is 21.2 Å². The number of hydrogen-bond donors (Lipinski definition) is 1. The van der Waals surface area contributed by atoms with Crippen LogP contribution in [0.15, 0.2) is 40.9 Å². The van der Waals surface area contributed by atoms with Crippen LogP contribution in [0.2, 0.25) is 0 Å². The number of rotatable bonds is 6. The summed E-state index contributed by atoms with van der Waals surface area (Å²) in [5, 5.41) is 14.4. The molecule has 0 aliphatic rings. The molecule has 0 saturated carbocycles. The summed E-state index contributed by atoms with van der Waals surface area (Å²) in [6, 6.07) is 10.5. The molecule has 0 unspecified atom stereocenters. The van der Waals surface area contributed by atoms with Crippen LogP contribution < -0.4 is 14.8 Å². The molecule has 0 bridgehead atoms. The van der Waals surface area contributed by atoms with Crippen LogP contribution in [0.4, 0.5) is 11.4 Å². The van der Waals surface area contributed by atoms with Gasteiger partial charge in [-0.05, 0) is 30.3 Å². The second kappa shape index (κ2) is 7.13. The molecule has 22 heavy (non-hydrogen) atoms. The molecule has 0 saturated heterocycles. The summed E-state index contributed by atoms with van der Waals surface area (Å²) in [4.78, 5) is 10.8. The van der Waals surface area contributed by atoms with Gasteiger partial charge in [0.25, 0.3) is 5.69 Å². The molecule has 0 amide bonds. The molecule has 6 nitrogen and oxygen atoms in total. The van der Waals surface area contributed by atoms with E-state index in [0.717, 1.165) is 10.2 Å². The zero-order valence-corrected chi connectivity index (χ0v) is 13.7. The average molecular weight is 367 g/mol. The van der Waals surface area contributed by atoms with Crippen LogP contribution in [-0.2, 0) is 6.54 Å². The first-order chi connectivity index (χ1) is 10.5. The average Bonchev–Trinajstić information content (AvgIpc) is 2.53. The fraction of sp³-hybridized carbons (Fsp3) is 0.200. The molecule has 0 spiro atoms. The van der Waals surface area contributed by atoms with Gasteiger partial charge in [-0.25, -0.2) is 0 Å².